The molecule has 1 saturated heterocycles. The predicted molar refractivity (Wildman–Crippen MR) is 132 cm³/mol. The summed E-state index contributed by atoms with van der Waals surface area (Å²) in [5, 5.41) is 1.76. The van der Waals surface area contributed by atoms with Gasteiger partial charge in [0.25, 0.3) is 5.91 Å². The number of carbonyl (C=O) groups is 1. The van der Waals surface area contributed by atoms with Crippen LogP contribution in [-0.2, 0) is 17.6 Å². The molecule has 5 heteroatoms. The number of anilines is 1. The molecule has 3 aromatic carbocycles. The number of aromatic amines is 1. The van der Waals surface area contributed by atoms with Crippen LogP contribution in [0.1, 0.15) is 35.3 Å². The molecule has 4 nitrogen and oxygen atoms in total. The van der Waals surface area contributed by atoms with E-state index in [0.717, 1.165) is 28.9 Å². The number of nitrogens with zero attached hydrogens (tertiary/aromatic N) is 2. The maximum atomic E-state index is 13.7. The Morgan fingerprint density at radius 1 is 0.969 bits per heavy atom. The van der Waals surface area contributed by atoms with Gasteiger partial charge in [-0.15, -0.1) is 0 Å². The van der Waals surface area contributed by atoms with Crippen LogP contribution in [0.25, 0.3) is 10.9 Å². The number of hydrogen-bond donors (Lipinski definition) is 1. The topological polar surface area (TPSA) is 39.3 Å². The fourth-order valence-corrected chi connectivity index (χ4v) is 5.60. The van der Waals surface area contributed by atoms with Gasteiger partial charge in [-0.25, -0.2) is 0 Å². The quantitative estimate of drug-likeness (QED) is 0.438. The average molecular weight is 438 g/mol. The number of aryl methyl sites for hydroxylation is 1. The Hall–Kier alpha value is -3.44. The van der Waals surface area contributed by atoms with E-state index in [2.05, 4.69) is 59.3 Å². The van der Waals surface area contributed by atoms with Crippen molar-refractivity contribution in [3.63, 3.8) is 0 Å². The number of para-hydroxylation sites is 1. The maximum absolute atomic E-state index is 13.7. The highest BCUT2D eigenvalue weighted by Gasteiger charge is 2.50. The molecule has 1 amide bonds. The fraction of sp³-hybridized carbons (Fsp3) is 0.185. The van der Waals surface area contributed by atoms with Crippen LogP contribution in [0.15, 0.2) is 78.9 Å². The van der Waals surface area contributed by atoms with Crippen LogP contribution in [0, 0.1) is 0 Å². The minimum absolute atomic E-state index is 0.0520. The number of thiocarbonyl (C=S) groups is 1. The molecule has 1 fully saturated rings. The van der Waals surface area contributed by atoms with E-state index in [4.69, 9.17) is 12.2 Å². The van der Waals surface area contributed by atoms with Crippen molar-refractivity contribution in [3.8, 4) is 0 Å². The zero-order valence-corrected chi connectivity index (χ0v) is 18.6. The first kappa shape index (κ1) is 19.3. The lowest BCUT2D eigenvalue weighted by Gasteiger charge is -2.37. The lowest BCUT2D eigenvalue weighted by atomic mass is 9.89. The Labute approximate surface area is 192 Å². The van der Waals surface area contributed by atoms with Crippen LogP contribution < -0.4 is 4.90 Å². The lowest BCUT2D eigenvalue weighted by Crippen LogP contribution is -2.44. The summed E-state index contributed by atoms with van der Waals surface area (Å²) in [6, 6.07) is 26.4. The number of nitrogens with one attached hydrogen (secondary N) is 1. The van der Waals surface area contributed by atoms with E-state index in [1.54, 1.807) is 4.90 Å². The molecule has 2 atom stereocenters. The highest BCUT2D eigenvalue weighted by atomic mass is 32.1. The Bertz CT molecular complexity index is 1340. The molecule has 158 valence electrons. The van der Waals surface area contributed by atoms with Gasteiger partial charge in [0.2, 0.25) is 0 Å². The molecule has 0 spiro atoms. The Morgan fingerprint density at radius 3 is 2.44 bits per heavy atom. The van der Waals surface area contributed by atoms with Crippen molar-refractivity contribution in [2.45, 2.75) is 31.8 Å². The van der Waals surface area contributed by atoms with E-state index in [9.17, 15) is 4.79 Å². The minimum Gasteiger partial charge on any atom is -0.356 e. The first-order valence-electron chi connectivity index (χ1n) is 11.1. The normalized spacial score (nSPS) is 20.0. The molecule has 2 aliphatic rings. The molecule has 2 aliphatic heterocycles. The van der Waals surface area contributed by atoms with Crippen molar-refractivity contribution in [2.75, 3.05) is 4.90 Å². The third-order valence-corrected chi connectivity index (χ3v) is 7.16. The van der Waals surface area contributed by atoms with Gasteiger partial charge in [0.15, 0.2) is 5.11 Å². The number of H-pyrrole nitrogens is 1. The van der Waals surface area contributed by atoms with E-state index in [1.165, 1.54) is 16.5 Å². The van der Waals surface area contributed by atoms with Crippen molar-refractivity contribution < 1.29 is 4.79 Å². The summed E-state index contributed by atoms with van der Waals surface area (Å²) < 4.78 is 0. The summed E-state index contributed by atoms with van der Waals surface area (Å²) in [6.07, 6.45) is 1.61. The number of carbonyl (C=O) groups excluding carboxylic acids is 1. The van der Waals surface area contributed by atoms with Crippen LogP contribution in [0.4, 0.5) is 5.69 Å². The van der Waals surface area contributed by atoms with Crippen LogP contribution in [0.5, 0.6) is 0 Å². The van der Waals surface area contributed by atoms with Crippen LogP contribution in [0.2, 0.25) is 0 Å². The van der Waals surface area contributed by atoms with Crippen LogP contribution >= 0.6 is 12.2 Å². The fourth-order valence-electron chi connectivity index (χ4n) is 5.17. The van der Waals surface area contributed by atoms with Crippen molar-refractivity contribution in [3.05, 3.63) is 101 Å². The van der Waals surface area contributed by atoms with Crippen molar-refractivity contribution in [1.82, 2.24) is 9.88 Å². The van der Waals surface area contributed by atoms with Gasteiger partial charge in [-0.05, 0) is 53.5 Å². The third-order valence-electron chi connectivity index (χ3n) is 6.77. The first-order valence-corrected chi connectivity index (χ1v) is 11.5. The van der Waals surface area contributed by atoms with Crippen molar-refractivity contribution >= 4 is 39.8 Å². The summed E-state index contributed by atoms with van der Waals surface area (Å²) in [6.45, 7) is 2.13. The SMILES string of the molecule is CCc1ccc(N2C(=O)[C@H]3Cc4c([nH]c5ccccc45)[C@@H](c4ccccc4)N3C2=S)cc1. The van der Waals surface area contributed by atoms with E-state index < -0.39 is 0 Å². The minimum atomic E-state index is -0.315. The molecular formula is C27H23N3OS. The van der Waals surface area contributed by atoms with E-state index in [1.807, 2.05) is 36.4 Å². The van der Waals surface area contributed by atoms with Gasteiger partial charge in [0.1, 0.15) is 6.04 Å². The number of aromatic nitrogens is 1. The first-order chi connectivity index (χ1) is 15.7. The number of benzene rings is 3. The molecule has 32 heavy (non-hydrogen) atoms. The van der Waals surface area contributed by atoms with Gasteiger partial charge < -0.3 is 9.88 Å². The molecule has 0 bridgehead atoms. The molecule has 0 unspecified atom stereocenters. The Balaban J connectivity index is 1.51. The lowest BCUT2D eigenvalue weighted by molar-refractivity contribution is -0.120. The molecular weight excluding hydrogens is 414 g/mol. The summed E-state index contributed by atoms with van der Waals surface area (Å²) >= 11 is 5.96. The van der Waals surface area contributed by atoms with Gasteiger partial charge >= 0.3 is 0 Å². The number of fused-ring (bicyclic) bond motifs is 4. The predicted octanol–water partition coefficient (Wildman–Crippen LogP) is 5.38. The second kappa shape index (κ2) is 7.31. The van der Waals surface area contributed by atoms with E-state index in [0.29, 0.717) is 11.5 Å². The molecule has 0 saturated carbocycles. The second-order valence-corrected chi connectivity index (χ2v) is 8.84. The summed E-state index contributed by atoms with van der Waals surface area (Å²) in [4.78, 5) is 21.3. The largest absolute Gasteiger partial charge is 0.356 e. The zero-order chi connectivity index (χ0) is 21.8. The molecule has 6 rings (SSSR count). The molecule has 0 radical (unpaired) electrons. The molecule has 1 N–H and O–H groups in total. The van der Waals surface area contributed by atoms with Crippen LogP contribution in [-0.4, -0.2) is 26.9 Å². The highest BCUT2D eigenvalue weighted by Crippen LogP contribution is 2.44. The number of hydrogen-bond acceptors (Lipinski definition) is 2. The second-order valence-electron chi connectivity index (χ2n) is 8.48. The van der Waals surface area contributed by atoms with Gasteiger partial charge in [-0.3, -0.25) is 9.69 Å². The molecule has 1 aromatic heterocycles. The van der Waals surface area contributed by atoms with E-state index in [-0.39, 0.29) is 18.0 Å². The van der Waals surface area contributed by atoms with Crippen molar-refractivity contribution in [2.24, 2.45) is 0 Å². The molecule has 4 aromatic rings. The maximum Gasteiger partial charge on any atom is 0.256 e. The molecule has 0 aliphatic carbocycles. The van der Waals surface area contributed by atoms with Gasteiger partial charge in [0, 0.05) is 23.0 Å². The summed E-state index contributed by atoms with van der Waals surface area (Å²) in [5.41, 5.74) is 6.66. The average Bonchev–Trinajstić information content (AvgIpc) is 3.33. The number of amides is 1. The number of rotatable bonds is 3. The molecule has 3 heterocycles. The van der Waals surface area contributed by atoms with E-state index >= 15 is 0 Å². The van der Waals surface area contributed by atoms with Crippen LogP contribution in [0.3, 0.4) is 0 Å². The Kier molecular flexibility index (Phi) is 4.40. The van der Waals surface area contributed by atoms with Gasteiger partial charge in [-0.2, -0.15) is 0 Å². The smallest absolute Gasteiger partial charge is 0.256 e. The Morgan fingerprint density at radius 2 is 1.69 bits per heavy atom. The van der Waals surface area contributed by atoms with Gasteiger partial charge in [-0.1, -0.05) is 67.6 Å². The summed E-state index contributed by atoms with van der Waals surface area (Å²) in [7, 11) is 0. The zero-order valence-electron chi connectivity index (χ0n) is 17.8. The van der Waals surface area contributed by atoms with Gasteiger partial charge in [0.05, 0.1) is 11.7 Å². The standard InChI is InChI=1S/C27H23N3OS/c1-2-17-12-14-19(15-13-17)29-26(31)23-16-21-20-10-6-7-11-22(20)28-24(21)25(30(23)27(29)32)18-8-4-3-5-9-18/h3-15,23,25,28H,2,16H2,1H3/t23-,25-/m1/s1. The highest BCUT2D eigenvalue weighted by molar-refractivity contribution is 7.80. The summed E-state index contributed by atoms with van der Waals surface area (Å²) in [5.74, 6) is 0.0520. The van der Waals surface area contributed by atoms with Crippen molar-refractivity contribution in [1.29, 1.82) is 0 Å². The third kappa shape index (κ3) is 2.74. The monoisotopic (exact) mass is 437 g/mol.